The van der Waals surface area contributed by atoms with E-state index < -0.39 is 11.6 Å². The van der Waals surface area contributed by atoms with Gasteiger partial charge in [-0.15, -0.1) is 0 Å². The van der Waals surface area contributed by atoms with Crippen molar-refractivity contribution in [1.29, 1.82) is 0 Å². The van der Waals surface area contributed by atoms with Gasteiger partial charge in [0.1, 0.15) is 5.82 Å². The van der Waals surface area contributed by atoms with E-state index in [4.69, 9.17) is 4.74 Å². The lowest BCUT2D eigenvalue weighted by molar-refractivity contribution is -0.116. The summed E-state index contributed by atoms with van der Waals surface area (Å²) in [6.07, 6.45) is 1.38. The van der Waals surface area contributed by atoms with Gasteiger partial charge in [0.25, 0.3) is 5.91 Å². The molecule has 3 aromatic carbocycles. The number of anilines is 2. The van der Waals surface area contributed by atoms with E-state index in [2.05, 4.69) is 5.32 Å². The Hall–Kier alpha value is -3.74. The van der Waals surface area contributed by atoms with E-state index in [0.29, 0.717) is 24.2 Å². The zero-order chi connectivity index (χ0) is 22.5. The molecular weight excluding hydrogens is 414 g/mol. The number of ether oxygens (including phenoxy) is 1. The molecule has 5 nitrogen and oxygen atoms in total. The maximum Gasteiger partial charge on any atom is 0.258 e. The minimum atomic E-state index is -0.776. The van der Waals surface area contributed by atoms with Crippen molar-refractivity contribution in [2.24, 2.45) is 0 Å². The molecule has 0 saturated heterocycles. The van der Waals surface area contributed by atoms with E-state index >= 15 is 0 Å². The van der Waals surface area contributed by atoms with E-state index in [0.717, 1.165) is 29.8 Å². The van der Waals surface area contributed by atoms with E-state index in [1.54, 1.807) is 29.2 Å². The number of halogens is 2. The predicted molar refractivity (Wildman–Crippen MR) is 118 cm³/mol. The Balaban J connectivity index is 1.25. The van der Waals surface area contributed by atoms with Gasteiger partial charge in [-0.1, -0.05) is 18.2 Å². The smallest absolute Gasteiger partial charge is 0.258 e. The van der Waals surface area contributed by atoms with Gasteiger partial charge < -0.3 is 15.0 Å². The fourth-order valence-electron chi connectivity index (χ4n) is 3.63. The highest BCUT2D eigenvalue weighted by atomic mass is 19.1. The fraction of sp³-hybridized carbons (Fsp3) is 0.200. The minimum absolute atomic E-state index is 0.0484. The number of hydrogen-bond donors (Lipinski definition) is 1. The Kier molecular flexibility index (Phi) is 6.44. The van der Waals surface area contributed by atoms with Crippen molar-refractivity contribution in [3.63, 3.8) is 0 Å². The van der Waals surface area contributed by atoms with Crippen LogP contribution in [0, 0.1) is 11.6 Å². The first kappa shape index (κ1) is 21.5. The fourth-order valence-corrected chi connectivity index (χ4v) is 3.63. The van der Waals surface area contributed by atoms with Crippen LogP contribution in [-0.4, -0.2) is 25.0 Å². The molecular formula is C25H22F2N2O3. The van der Waals surface area contributed by atoms with E-state index in [1.807, 2.05) is 24.3 Å². The highest BCUT2D eigenvalue weighted by Gasteiger charge is 2.25. The summed E-state index contributed by atoms with van der Waals surface area (Å²) in [4.78, 5) is 26.8. The van der Waals surface area contributed by atoms with Crippen molar-refractivity contribution < 1.29 is 23.1 Å². The molecule has 0 radical (unpaired) electrons. The first-order valence-electron chi connectivity index (χ1n) is 10.4. The maximum absolute atomic E-state index is 13.5. The predicted octanol–water partition coefficient (Wildman–Crippen LogP) is 4.97. The van der Waals surface area contributed by atoms with E-state index in [-0.39, 0.29) is 30.6 Å². The Labute approximate surface area is 184 Å². The largest absolute Gasteiger partial charge is 0.491 e. The topological polar surface area (TPSA) is 58.6 Å². The molecule has 0 aliphatic carbocycles. The maximum atomic E-state index is 13.5. The normalized spacial score (nSPS) is 12.4. The Morgan fingerprint density at radius 3 is 2.56 bits per heavy atom. The van der Waals surface area contributed by atoms with Crippen LogP contribution in [-0.2, 0) is 11.2 Å². The highest BCUT2D eigenvalue weighted by Crippen LogP contribution is 2.29. The number of rotatable bonds is 7. The standard InChI is InChI=1S/C25H22F2N2O3/c26-19-9-12-23(21(27)16-19)32-15-3-6-24(30)28-20-10-7-18(8-11-20)25(31)29-14-13-17-4-1-2-5-22(17)29/h1-2,4-5,7-12,16H,3,6,13-15H2,(H,28,30). The number of nitrogens with one attached hydrogen (secondary N) is 1. The van der Waals surface area contributed by atoms with Gasteiger partial charge >= 0.3 is 0 Å². The van der Waals surface area contributed by atoms with Gasteiger partial charge in [0.15, 0.2) is 11.6 Å². The van der Waals surface area contributed by atoms with Crippen LogP contribution in [0.2, 0.25) is 0 Å². The molecule has 1 aliphatic heterocycles. The van der Waals surface area contributed by atoms with Gasteiger partial charge in [0.05, 0.1) is 6.61 Å². The average Bonchev–Trinajstić information content (AvgIpc) is 3.22. The van der Waals surface area contributed by atoms with Crippen LogP contribution in [0.25, 0.3) is 0 Å². The van der Waals surface area contributed by atoms with Gasteiger partial charge in [-0.25, -0.2) is 8.78 Å². The molecule has 1 aliphatic rings. The molecule has 2 amide bonds. The number of carbonyl (C=O) groups excluding carboxylic acids is 2. The van der Waals surface area contributed by atoms with Crippen molar-refractivity contribution in [2.75, 3.05) is 23.4 Å². The molecule has 0 unspecified atom stereocenters. The van der Waals surface area contributed by atoms with Gasteiger partial charge in [-0.3, -0.25) is 9.59 Å². The zero-order valence-corrected chi connectivity index (χ0v) is 17.3. The summed E-state index contributed by atoms with van der Waals surface area (Å²) < 4.78 is 31.6. The van der Waals surface area contributed by atoms with Crippen LogP contribution >= 0.6 is 0 Å². The number of nitrogens with zero attached hydrogens (tertiary/aromatic N) is 1. The van der Waals surface area contributed by atoms with Crippen LogP contribution in [0.4, 0.5) is 20.2 Å². The van der Waals surface area contributed by atoms with Crippen molar-refractivity contribution >= 4 is 23.2 Å². The molecule has 0 bridgehead atoms. The van der Waals surface area contributed by atoms with Crippen molar-refractivity contribution in [3.8, 4) is 5.75 Å². The van der Waals surface area contributed by atoms with Crippen molar-refractivity contribution in [1.82, 2.24) is 0 Å². The van der Waals surface area contributed by atoms with Gasteiger partial charge in [-0.2, -0.15) is 0 Å². The highest BCUT2D eigenvalue weighted by molar-refractivity contribution is 6.07. The molecule has 164 valence electrons. The lowest BCUT2D eigenvalue weighted by Crippen LogP contribution is -2.28. The molecule has 0 fully saturated rings. The Morgan fingerprint density at radius 1 is 1.00 bits per heavy atom. The van der Waals surface area contributed by atoms with Crippen LogP contribution in [0.3, 0.4) is 0 Å². The van der Waals surface area contributed by atoms with Gasteiger partial charge in [0.2, 0.25) is 5.91 Å². The summed E-state index contributed by atoms with van der Waals surface area (Å²) >= 11 is 0. The summed E-state index contributed by atoms with van der Waals surface area (Å²) in [5.41, 5.74) is 3.24. The number of benzene rings is 3. The first-order valence-corrected chi connectivity index (χ1v) is 10.4. The molecule has 1 heterocycles. The van der Waals surface area contributed by atoms with Crippen LogP contribution in [0.5, 0.6) is 5.75 Å². The molecule has 7 heteroatoms. The van der Waals surface area contributed by atoms with E-state index in [9.17, 15) is 18.4 Å². The Bertz CT molecular complexity index is 1130. The third-order valence-electron chi connectivity index (χ3n) is 5.25. The molecule has 4 rings (SSSR count). The molecule has 0 aromatic heterocycles. The third kappa shape index (κ3) is 4.94. The lowest BCUT2D eigenvalue weighted by Gasteiger charge is -2.17. The number of hydrogen-bond acceptors (Lipinski definition) is 3. The monoisotopic (exact) mass is 436 g/mol. The lowest BCUT2D eigenvalue weighted by atomic mass is 10.1. The molecule has 0 atom stereocenters. The van der Waals surface area contributed by atoms with Crippen molar-refractivity contribution in [2.45, 2.75) is 19.3 Å². The molecule has 32 heavy (non-hydrogen) atoms. The summed E-state index contributed by atoms with van der Waals surface area (Å²) in [6, 6.07) is 17.7. The molecule has 0 spiro atoms. The number of amides is 2. The van der Waals surface area contributed by atoms with Gasteiger partial charge in [0, 0.05) is 36.0 Å². The summed E-state index contributed by atoms with van der Waals surface area (Å²) in [7, 11) is 0. The van der Waals surface area contributed by atoms with E-state index in [1.165, 1.54) is 6.07 Å². The van der Waals surface area contributed by atoms with Crippen LogP contribution in [0.15, 0.2) is 66.7 Å². The first-order chi connectivity index (χ1) is 15.5. The molecule has 0 saturated carbocycles. The summed E-state index contributed by atoms with van der Waals surface area (Å²) in [5, 5.41) is 2.77. The third-order valence-corrected chi connectivity index (χ3v) is 5.25. The second-order valence-electron chi connectivity index (χ2n) is 7.49. The summed E-state index contributed by atoms with van der Waals surface area (Å²) in [5.74, 6) is -1.79. The van der Waals surface area contributed by atoms with Gasteiger partial charge in [-0.05, 0) is 60.9 Å². The molecule has 1 N–H and O–H groups in total. The quantitative estimate of drug-likeness (QED) is 0.533. The molecule has 3 aromatic rings. The SMILES string of the molecule is O=C(CCCOc1ccc(F)cc1F)Nc1ccc(C(=O)N2CCc3ccccc32)cc1. The Morgan fingerprint density at radius 2 is 1.78 bits per heavy atom. The summed E-state index contributed by atoms with van der Waals surface area (Å²) in [6.45, 7) is 0.779. The number of fused-ring (bicyclic) bond motifs is 1. The van der Waals surface area contributed by atoms with Crippen LogP contribution < -0.4 is 15.0 Å². The van der Waals surface area contributed by atoms with Crippen molar-refractivity contribution in [3.05, 3.63) is 89.5 Å². The second-order valence-corrected chi connectivity index (χ2v) is 7.49. The number of carbonyl (C=O) groups is 2. The second kappa shape index (κ2) is 9.60. The average molecular weight is 436 g/mol. The zero-order valence-electron chi connectivity index (χ0n) is 17.3. The number of para-hydroxylation sites is 1. The minimum Gasteiger partial charge on any atom is -0.491 e. The van der Waals surface area contributed by atoms with Crippen LogP contribution in [0.1, 0.15) is 28.8 Å².